The Morgan fingerprint density at radius 2 is 1.90 bits per heavy atom. The molecule has 1 unspecified atom stereocenters. The highest BCUT2D eigenvalue weighted by Crippen LogP contribution is 2.21. The number of benzene rings is 2. The molecule has 0 aliphatic carbocycles. The normalized spacial score (nSPS) is 16.8. The van der Waals surface area contributed by atoms with E-state index < -0.39 is 0 Å². The summed E-state index contributed by atoms with van der Waals surface area (Å²) in [5, 5.41) is 3.57. The number of aryl methyl sites for hydroxylation is 1. The van der Waals surface area contributed by atoms with Gasteiger partial charge in [0.1, 0.15) is 5.82 Å². The van der Waals surface area contributed by atoms with E-state index in [2.05, 4.69) is 79.4 Å². The molecule has 2 heterocycles. The van der Waals surface area contributed by atoms with Crippen molar-refractivity contribution in [2.45, 2.75) is 32.9 Å². The number of hydrogen-bond donors (Lipinski definition) is 1. The Balaban J connectivity index is 1.31. The van der Waals surface area contributed by atoms with Crippen LogP contribution in [0.3, 0.4) is 0 Å². The summed E-state index contributed by atoms with van der Waals surface area (Å²) in [6, 6.07) is 19.5. The molecule has 1 aromatic heterocycles. The molecule has 1 aliphatic rings. The molecule has 1 saturated heterocycles. The Labute approximate surface area is 179 Å². The smallest absolute Gasteiger partial charge is 0.193 e. The largest absolute Gasteiger partial charge is 0.352 e. The summed E-state index contributed by atoms with van der Waals surface area (Å²) in [5.74, 6) is 2.73. The zero-order chi connectivity index (χ0) is 20.8. The summed E-state index contributed by atoms with van der Waals surface area (Å²) >= 11 is 0. The molecule has 0 amide bonds. The van der Waals surface area contributed by atoms with E-state index in [4.69, 9.17) is 0 Å². The third-order valence-corrected chi connectivity index (χ3v) is 5.88. The van der Waals surface area contributed by atoms with E-state index in [0.717, 1.165) is 44.4 Å². The van der Waals surface area contributed by atoms with Gasteiger partial charge >= 0.3 is 0 Å². The molecule has 0 saturated carbocycles. The second kappa shape index (κ2) is 9.61. The highest BCUT2D eigenvalue weighted by molar-refractivity contribution is 5.80. The molecule has 3 aromatic rings. The SMILES string of the molecule is CN=C(NCc1cccc(Cn2ccnc2C)c1)N1CCC(Cc2ccccc2)C1. The maximum Gasteiger partial charge on any atom is 0.193 e. The Kier molecular flexibility index (Phi) is 6.47. The van der Waals surface area contributed by atoms with Crippen molar-refractivity contribution in [3.05, 3.63) is 89.5 Å². The molecule has 0 radical (unpaired) electrons. The molecule has 5 heteroatoms. The number of aliphatic imine (C=N–C) groups is 1. The number of aromatic nitrogens is 2. The maximum atomic E-state index is 4.54. The minimum Gasteiger partial charge on any atom is -0.352 e. The van der Waals surface area contributed by atoms with E-state index >= 15 is 0 Å². The van der Waals surface area contributed by atoms with Gasteiger partial charge in [0.15, 0.2) is 5.96 Å². The molecule has 156 valence electrons. The molecule has 0 spiro atoms. The molecular weight excluding hydrogens is 370 g/mol. The fourth-order valence-electron chi connectivity index (χ4n) is 4.26. The van der Waals surface area contributed by atoms with Crippen molar-refractivity contribution in [1.29, 1.82) is 0 Å². The number of nitrogens with zero attached hydrogens (tertiary/aromatic N) is 4. The monoisotopic (exact) mass is 401 g/mol. The topological polar surface area (TPSA) is 45.5 Å². The predicted octanol–water partition coefficient (Wildman–Crippen LogP) is 3.88. The molecule has 4 rings (SSSR count). The first kappa shape index (κ1) is 20.2. The van der Waals surface area contributed by atoms with Crippen LogP contribution in [0.1, 0.15) is 28.9 Å². The third kappa shape index (κ3) is 5.09. The average Bonchev–Trinajstić information content (AvgIpc) is 3.39. The van der Waals surface area contributed by atoms with Gasteiger partial charge in [-0.1, -0.05) is 54.6 Å². The lowest BCUT2D eigenvalue weighted by molar-refractivity contribution is 0.460. The molecule has 1 fully saturated rings. The summed E-state index contributed by atoms with van der Waals surface area (Å²) in [6.45, 7) is 5.80. The molecule has 1 N–H and O–H groups in total. The van der Waals surface area contributed by atoms with E-state index in [0.29, 0.717) is 5.92 Å². The Morgan fingerprint density at radius 1 is 1.10 bits per heavy atom. The summed E-state index contributed by atoms with van der Waals surface area (Å²) in [4.78, 5) is 11.2. The van der Waals surface area contributed by atoms with E-state index in [1.807, 2.05) is 26.4 Å². The number of likely N-dealkylation sites (tertiary alicyclic amines) is 1. The van der Waals surface area contributed by atoms with Crippen LogP contribution >= 0.6 is 0 Å². The molecule has 2 aromatic carbocycles. The van der Waals surface area contributed by atoms with Gasteiger partial charge in [-0.25, -0.2) is 4.98 Å². The minimum atomic E-state index is 0.688. The second-order valence-electron chi connectivity index (χ2n) is 8.11. The zero-order valence-corrected chi connectivity index (χ0v) is 18.0. The van der Waals surface area contributed by atoms with E-state index in [1.165, 1.54) is 23.1 Å². The predicted molar refractivity (Wildman–Crippen MR) is 123 cm³/mol. The maximum absolute atomic E-state index is 4.54. The van der Waals surface area contributed by atoms with Crippen molar-refractivity contribution in [3.8, 4) is 0 Å². The lowest BCUT2D eigenvalue weighted by atomic mass is 9.99. The van der Waals surface area contributed by atoms with Gasteiger partial charge < -0.3 is 14.8 Å². The highest BCUT2D eigenvalue weighted by atomic mass is 15.3. The van der Waals surface area contributed by atoms with E-state index in [1.54, 1.807) is 0 Å². The summed E-state index contributed by atoms with van der Waals surface area (Å²) in [5.41, 5.74) is 3.98. The van der Waals surface area contributed by atoms with Crippen LogP contribution < -0.4 is 5.32 Å². The van der Waals surface area contributed by atoms with Gasteiger partial charge in [-0.3, -0.25) is 4.99 Å². The summed E-state index contributed by atoms with van der Waals surface area (Å²) < 4.78 is 2.17. The van der Waals surface area contributed by atoms with Gasteiger partial charge in [0.2, 0.25) is 0 Å². The lowest BCUT2D eigenvalue weighted by Crippen LogP contribution is -2.39. The van der Waals surface area contributed by atoms with Crippen molar-refractivity contribution in [2.24, 2.45) is 10.9 Å². The molecule has 0 bridgehead atoms. The van der Waals surface area contributed by atoms with Crippen LogP contribution in [0.4, 0.5) is 0 Å². The first-order valence-electron chi connectivity index (χ1n) is 10.8. The van der Waals surface area contributed by atoms with Crippen LogP contribution in [0.15, 0.2) is 72.0 Å². The Hall–Kier alpha value is -3.08. The van der Waals surface area contributed by atoms with Gasteiger partial charge in [-0.2, -0.15) is 0 Å². The van der Waals surface area contributed by atoms with Gasteiger partial charge in [0.05, 0.1) is 0 Å². The van der Waals surface area contributed by atoms with Crippen molar-refractivity contribution in [1.82, 2.24) is 19.8 Å². The molecule has 1 atom stereocenters. The van der Waals surface area contributed by atoms with Crippen LogP contribution in [0.2, 0.25) is 0 Å². The first-order valence-corrected chi connectivity index (χ1v) is 10.8. The zero-order valence-electron chi connectivity index (χ0n) is 18.0. The standard InChI is InChI=1S/C25H31N5/c1-20-27-12-14-29(20)18-23-10-6-9-22(16-23)17-28-25(26-2)30-13-11-24(19-30)15-21-7-4-3-5-8-21/h3-10,12,14,16,24H,11,13,15,17-19H2,1-2H3,(H,26,28). The van der Waals surface area contributed by atoms with Gasteiger partial charge in [-0.15, -0.1) is 0 Å². The molecule has 1 aliphatic heterocycles. The summed E-state index contributed by atoms with van der Waals surface area (Å²) in [6.07, 6.45) is 6.24. The van der Waals surface area contributed by atoms with Crippen molar-refractivity contribution in [2.75, 3.05) is 20.1 Å². The van der Waals surface area contributed by atoms with Crippen LogP contribution in [-0.4, -0.2) is 40.5 Å². The number of rotatable bonds is 6. The van der Waals surface area contributed by atoms with Crippen LogP contribution in [0.25, 0.3) is 0 Å². The lowest BCUT2D eigenvalue weighted by Gasteiger charge is -2.22. The van der Waals surface area contributed by atoms with Crippen LogP contribution in [-0.2, 0) is 19.5 Å². The highest BCUT2D eigenvalue weighted by Gasteiger charge is 2.24. The van der Waals surface area contributed by atoms with Crippen LogP contribution in [0.5, 0.6) is 0 Å². The van der Waals surface area contributed by atoms with E-state index in [9.17, 15) is 0 Å². The number of guanidine groups is 1. The molecule has 5 nitrogen and oxygen atoms in total. The Morgan fingerprint density at radius 3 is 2.67 bits per heavy atom. The molecule has 30 heavy (non-hydrogen) atoms. The van der Waals surface area contributed by atoms with Crippen molar-refractivity contribution < 1.29 is 0 Å². The number of hydrogen-bond acceptors (Lipinski definition) is 2. The quantitative estimate of drug-likeness (QED) is 0.504. The molecular formula is C25H31N5. The van der Waals surface area contributed by atoms with Crippen LogP contribution in [0, 0.1) is 12.8 Å². The van der Waals surface area contributed by atoms with Gasteiger partial charge in [0, 0.05) is 45.6 Å². The Bertz CT molecular complexity index is 976. The fraction of sp³-hybridized carbons (Fsp3) is 0.360. The van der Waals surface area contributed by atoms with E-state index in [-0.39, 0.29) is 0 Å². The van der Waals surface area contributed by atoms with Gasteiger partial charge in [-0.05, 0) is 42.4 Å². The second-order valence-corrected chi connectivity index (χ2v) is 8.11. The number of nitrogens with one attached hydrogen (secondary N) is 1. The van der Waals surface area contributed by atoms with Gasteiger partial charge in [0.25, 0.3) is 0 Å². The third-order valence-electron chi connectivity index (χ3n) is 5.88. The summed E-state index contributed by atoms with van der Waals surface area (Å²) in [7, 11) is 1.88. The van der Waals surface area contributed by atoms with Crippen molar-refractivity contribution in [3.63, 3.8) is 0 Å². The minimum absolute atomic E-state index is 0.688. The van der Waals surface area contributed by atoms with Crippen molar-refractivity contribution >= 4 is 5.96 Å². The first-order chi connectivity index (χ1) is 14.7. The number of imidazole rings is 1. The fourth-order valence-corrected chi connectivity index (χ4v) is 4.26. The average molecular weight is 402 g/mol.